The predicted octanol–water partition coefficient (Wildman–Crippen LogP) is 3.91. The third-order valence-electron chi connectivity index (χ3n) is 5.07. The molecule has 112 valence electrons. The Hall–Kier alpha value is -0.860. The van der Waals surface area contributed by atoms with E-state index in [9.17, 15) is 0 Å². The van der Waals surface area contributed by atoms with E-state index in [2.05, 4.69) is 69.1 Å². The molecule has 0 amide bonds. The van der Waals surface area contributed by atoms with E-state index in [1.807, 2.05) is 0 Å². The second-order valence-electron chi connectivity index (χ2n) is 6.62. The molecular weight excluding hydrogens is 244 g/mol. The highest BCUT2D eigenvalue weighted by Crippen LogP contribution is 2.29. The molecule has 0 radical (unpaired) electrons. The number of piperazine rings is 1. The Morgan fingerprint density at radius 3 is 2.50 bits per heavy atom. The lowest BCUT2D eigenvalue weighted by Gasteiger charge is -2.48. The third kappa shape index (κ3) is 3.24. The maximum Gasteiger partial charge on any atom is 0.0324 e. The first-order chi connectivity index (χ1) is 9.49. The van der Waals surface area contributed by atoms with Gasteiger partial charge in [-0.05, 0) is 39.2 Å². The zero-order valence-corrected chi connectivity index (χ0v) is 13.7. The van der Waals surface area contributed by atoms with Crippen LogP contribution in [0.25, 0.3) is 0 Å². The molecule has 1 aromatic carbocycles. The number of nitrogens with zero attached hydrogens (tertiary/aromatic N) is 1. The second kappa shape index (κ2) is 6.28. The van der Waals surface area contributed by atoms with Gasteiger partial charge in [-0.1, -0.05) is 43.7 Å². The maximum absolute atomic E-state index is 3.75. The fraction of sp³-hybridized carbons (Fsp3) is 0.667. The molecule has 1 N–H and O–H groups in total. The highest BCUT2D eigenvalue weighted by Gasteiger charge is 2.36. The number of hydrogen-bond donors (Lipinski definition) is 1. The summed E-state index contributed by atoms with van der Waals surface area (Å²) in [7, 11) is 0. The van der Waals surface area contributed by atoms with Gasteiger partial charge >= 0.3 is 0 Å². The average Bonchev–Trinajstić information content (AvgIpc) is 2.47. The van der Waals surface area contributed by atoms with E-state index in [-0.39, 0.29) is 5.54 Å². The Morgan fingerprint density at radius 2 is 1.95 bits per heavy atom. The van der Waals surface area contributed by atoms with E-state index in [0.717, 1.165) is 13.1 Å². The number of hydrogen-bond acceptors (Lipinski definition) is 2. The minimum Gasteiger partial charge on any atom is -0.309 e. The van der Waals surface area contributed by atoms with Crippen LogP contribution < -0.4 is 5.32 Å². The van der Waals surface area contributed by atoms with E-state index in [0.29, 0.717) is 12.1 Å². The standard InChI is InChI=1S/C18H30N2/c1-6-17-12-19-18(5,7-2)13-20(17)15(4)16-10-8-14(3)9-11-16/h8-11,15,17,19H,6-7,12-13H2,1-5H3. The summed E-state index contributed by atoms with van der Waals surface area (Å²) in [6, 6.07) is 10.2. The summed E-state index contributed by atoms with van der Waals surface area (Å²) in [4.78, 5) is 2.70. The second-order valence-corrected chi connectivity index (χ2v) is 6.62. The van der Waals surface area contributed by atoms with E-state index in [4.69, 9.17) is 0 Å². The molecule has 1 fully saturated rings. The van der Waals surface area contributed by atoms with Crippen LogP contribution in [0.5, 0.6) is 0 Å². The van der Waals surface area contributed by atoms with E-state index < -0.39 is 0 Å². The normalized spacial score (nSPS) is 29.4. The maximum atomic E-state index is 3.75. The van der Waals surface area contributed by atoms with Gasteiger partial charge in [-0.25, -0.2) is 0 Å². The van der Waals surface area contributed by atoms with Crippen LogP contribution in [0.1, 0.15) is 57.7 Å². The summed E-state index contributed by atoms with van der Waals surface area (Å²) < 4.78 is 0. The molecule has 0 saturated carbocycles. The average molecular weight is 274 g/mol. The lowest BCUT2D eigenvalue weighted by molar-refractivity contribution is 0.0494. The smallest absolute Gasteiger partial charge is 0.0324 e. The molecule has 3 unspecified atom stereocenters. The van der Waals surface area contributed by atoms with Gasteiger partial charge in [0, 0.05) is 30.7 Å². The highest BCUT2D eigenvalue weighted by molar-refractivity contribution is 5.24. The zero-order chi connectivity index (χ0) is 14.8. The largest absolute Gasteiger partial charge is 0.309 e. The number of benzene rings is 1. The van der Waals surface area contributed by atoms with Gasteiger partial charge in [0.25, 0.3) is 0 Å². The van der Waals surface area contributed by atoms with Crippen molar-refractivity contribution in [2.45, 2.75) is 65.1 Å². The molecule has 0 aromatic heterocycles. The van der Waals surface area contributed by atoms with Crippen LogP contribution in [0.4, 0.5) is 0 Å². The van der Waals surface area contributed by atoms with E-state index in [1.165, 1.54) is 24.0 Å². The van der Waals surface area contributed by atoms with Crippen molar-refractivity contribution in [3.63, 3.8) is 0 Å². The summed E-state index contributed by atoms with van der Waals surface area (Å²) >= 11 is 0. The van der Waals surface area contributed by atoms with Crippen molar-refractivity contribution in [1.29, 1.82) is 0 Å². The van der Waals surface area contributed by atoms with Crippen molar-refractivity contribution in [3.05, 3.63) is 35.4 Å². The van der Waals surface area contributed by atoms with Gasteiger partial charge in [-0.2, -0.15) is 0 Å². The van der Waals surface area contributed by atoms with E-state index >= 15 is 0 Å². The van der Waals surface area contributed by atoms with Crippen molar-refractivity contribution in [2.75, 3.05) is 13.1 Å². The van der Waals surface area contributed by atoms with Gasteiger partial charge in [-0.3, -0.25) is 4.90 Å². The van der Waals surface area contributed by atoms with Gasteiger partial charge in [-0.15, -0.1) is 0 Å². The fourth-order valence-corrected chi connectivity index (χ4v) is 3.17. The molecule has 0 spiro atoms. The van der Waals surface area contributed by atoms with Crippen molar-refractivity contribution in [3.8, 4) is 0 Å². The lowest BCUT2D eigenvalue weighted by Crippen LogP contribution is -2.62. The van der Waals surface area contributed by atoms with Gasteiger partial charge in [0.15, 0.2) is 0 Å². The predicted molar refractivity (Wildman–Crippen MR) is 87.1 cm³/mol. The van der Waals surface area contributed by atoms with Crippen LogP contribution in [-0.4, -0.2) is 29.6 Å². The molecule has 1 aliphatic heterocycles. The molecule has 2 nitrogen and oxygen atoms in total. The van der Waals surface area contributed by atoms with Gasteiger partial charge < -0.3 is 5.32 Å². The van der Waals surface area contributed by atoms with Crippen LogP contribution in [0, 0.1) is 6.92 Å². The first-order valence-electron chi connectivity index (χ1n) is 8.06. The van der Waals surface area contributed by atoms with Crippen molar-refractivity contribution < 1.29 is 0 Å². The van der Waals surface area contributed by atoms with Crippen molar-refractivity contribution in [2.24, 2.45) is 0 Å². The molecule has 20 heavy (non-hydrogen) atoms. The number of rotatable bonds is 4. The minimum atomic E-state index is 0.255. The molecule has 3 atom stereocenters. The quantitative estimate of drug-likeness (QED) is 0.895. The zero-order valence-electron chi connectivity index (χ0n) is 13.7. The summed E-state index contributed by atoms with van der Waals surface area (Å²) in [6.07, 6.45) is 2.39. The molecule has 2 heteroatoms. The van der Waals surface area contributed by atoms with Crippen molar-refractivity contribution in [1.82, 2.24) is 10.2 Å². The van der Waals surface area contributed by atoms with Gasteiger partial charge in [0.2, 0.25) is 0 Å². The minimum absolute atomic E-state index is 0.255. The first-order valence-corrected chi connectivity index (χ1v) is 8.06. The van der Waals surface area contributed by atoms with Crippen LogP contribution in [0.3, 0.4) is 0 Å². The first kappa shape index (κ1) is 15.5. The molecule has 2 rings (SSSR count). The molecular formula is C18H30N2. The van der Waals surface area contributed by atoms with Crippen LogP contribution in [0.2, 0.25) is 0 Å². The number of nitrogens with one attached hydrogen (secondary N) is 1. The van der Waals surface area contributed by atoms with E-state index in [1.54, 1.807) is 0 Å². The van der Waals surface area contributed by atoms with Crippen molar-refractivity contribution >= 4 is 0 Å². The SMILES string of the molecule is CCC1CNC(C)(CC)CN1C(C)c1ccc(C)cc1. The molecule has 0 bridgehead atoms. The third-order valence-corrected chi connectivity index (χ3v) is 5.07. The summed E-state index contributed by atoms with van der Waals surface area (Å²) in [6.45, 7) is 13.7. The fourth-order valence-electron chi connectivity index (χ4n) is 3.17. The summed E-state index contributed by atoms with van der Waals surface area (Å²) in [5.41, 5.74) is 3.03. The molecule has 1 aliphatic rings. The van der Waals surface area contributed by atoms with Gasteiger partial charge in [0.05, 0.1) is 0 Å². The van der Waals surface area contributed by atoms with Crippen LogP contribution in [-0.2, 0) is 0 Å². The lowest BCUT2D eigenvalue weighted by atomic mass is 9.90. The highest BCUT2D eigenvalue weighted by atomic mass is 15.3. The van der Waals surface area contributed by atoms with Crippen LogP contribution in [0.15, 0.2) is 24.3 Å². The summed E-state index contributed by atoms with van der Waals surface area (Å²) in [5, 5.41) is 3.75. The molecule has 1 aromatic rings. The molecule has 1 heterocycles. The monoisotopic (exact) mass is 274 g/mol. The van der Waals surface area contributed by atoms with Crippen LogP contribution >= 0.6 is 0 Å². The Labute approximate surface area is 124 Å². The topological polar surface area (TPSA) is 15.3 Å². The Bertz CT molecular complexity index is 426. The Balaban J connectivity index is 2.19. The molecule has 0 aliphatic carbocycles. The Morgan fingerprint density at radius 1 is 1.30 bits per heavy atom. The Kier molecular flexibility index (Phi) is 4.87. The summed E-state index contributed by atoms with van der Waals surface area (Å²) in [5.74, 6) is 0. The van der Waals surface area contributed by atoms with Gasteiger partial charge in [0.1, 0.15) is 0 Å². The molecule has 1 saturated heterocycles. The number of aryl methyl sites for hydroxylation is 1.